The van der Waals surface area contributed by atoms with Gasteiger partial charge in [-0.3, -0.25) is 9.10 Å². The van der Waals surface area contributed by atoms with Crippen molar-refractivity contribution >= 4 is 21.6 Å². The third kappa shape index (κ3) is 3.95. The average Bonchev–Trinajstić information content (AvgIpc) is 3.25. The second-order valence-electron chi connectivity index (χ2n) is 6.71. The molecule has 0 unspecified atom stereocenters. The van der Waals surface area contributed by atoms with E-state index in [4.69, 9.17) is 9.47 Å². The minimum Gasteiger partial charge on any atom is -0.454 e. The van der Waals surface area contributed by atoms with Crippen molar-refractivity contribution in [1.29, 1.82) is 0 Å². The van der Waals surface area contributed by atoms with Crippen molar-refractivity contribution in [3.63, 3.8) is 0 Å². The van der Waals surface area contributed by atoms with Crippen molar-refractivity contribution in [2.45, 2.75) is 11.4 Å². The third-order valence-electron chi connectivity index (χ3n) is 4.76. The molecule has 0 aromatic heterocycles. The Hall–Kier alpha value is -3.52. The molecule has 3 aromatic carbocycles. The Balaban J connectivity index is 1.48. The van der Waals surface area contributed by atoms with E-state index in [1.54, 1.807) is 48.5 Å². The predicted octanol–water partition coefficient (Wildman–Crippen LogP) is 3.17. The molecule has 8 heteroatoms. The van der Waals surface area contributed by atoms with Gasteiger partial charge in [0.15, 0.2) is 11.5 Å². The normalized spacial score (nSPS) is 12.4. The molecular formula is C22H20N2O5S. The van der Waals surface area contributed by atoms with Gasteiger partial charge < -0.3 is 14.8 Å². The van der Waals surface area contributed by atoms with Crippen LogP contribution in [0.2, 0.25) is 0 Å². The van der Waals surface area contributed by atoms with Gasteiger partial charge in [-0.15, -0.1) is 0 Å². The minimum absolute atomic E-state index is 0.185. The van der Waals surface area contributed by atoms with Crippen molar-refractivity contribution in [3.05, 3.63) is 83.9 Å². The molecule has 30 heavy (non-hydrogen) atoms. The quantitative estimate of drug-likeness (QED) is 0.657. The van der Waals surface area contributed by atoms with Gasteiger partial charge in [0.25, 0.3) is 15.9 Å². The van der Waals surface area contributed by atoms with E-state index < -0.39 is 10.0 Å². The number of ether oxygens (including phenoxy) is 2. The number of carbonyl (C=O) groups is 1. The van der Waals surface area contributed by atoms with Crippen molar-refractivity contribution in [1.82, 2.24) is 5.32 Å². The predicted molar refractivity (Wildman–Crippen MR) is 112 cm³/mol. The van der Waals surface area contributed by atoms with Crippen LogP contribution in [0.3, 0.4) is 0 Å². The maximum Gasteiger partial charge on any atom is 0.264 e. The summed E-state index contributed by atoms with van der Waals surface area (Å²) in [6, 6.07) is 20.1. The van der Waals surface area contributed by atoms with Gasteiger partial charge in [-0.05, 0) is 48.0 Å². The van der Waals surface area contributed by atoms with E-state index >= 15 is 0 Å². The number of carbonyl (C=O) groups excluding carboxylic acids is 1. The zero-order chi connectivity index (χ0) is 21.1. The lowest BCUT2D eigenvalue weighted by molar-refractivity contribution is 0.0951. The first-order valence-electron chi connectivity index (χ1n) is 9.26. The molecule has 4 rings (SSSR count). The van der Waals surface area contributed by atoms with Gasteiger partial charge in [0.1, 0.15) is 0 Å². The maximum atomic E-state index is 12.8. The Morgan fingerprint density at radius 3 is 2.53 bits per heavy atom. The number of rotatable bonds is 6. The Morgan fingerprint density at radius 2 is 1.73 bits per heavy atom. The molecule has 1 heterocycles. The Kier molecular flexibility index (Phi) is 5.33. The van der Waals surface area contributed by atoms with E-state index in [1.807, 2.05) is 12.1 Å². The Bertz CT molecular complexity index is 1180. The number of fused-ring (bicyclic) bond motifs is 1. The fourth-order valence-electron chi connectivity index (χ4n) is 3.07. The molecule has 0 saturated heterocycles. The zero-order valence-electron chi connectivity index (χ0n) is 16.2. The average molecular weight is 424 g/mol. The summed E-state index contributed by atoms with van der Waals surface area (Å²) < 4.78 is 37.4. The second kappa shape index (κ2) is 8.08. The number of nitrogens with zero attached hydrogens (tertiary/aromatic N) is 1. The molecule has 1 amide bonds. The van der Waals surface area contributed by atoms with Crippen molar-refractivity contribution in [2.75, 3.05) is 18.1 Å². The molecule has 1 aliphatic rings. The standard InChI is InChI=1S/C22H20N2O5S/c1-24(30(26,27)19-8-3-2-4-9-19)18-7-5-6-17(13-18)22(25)23-14-16-10-11-20-21(12-16)29-15-28-20/h2-13H,14-15H2,1H3,(H,23,25). The van der Waals surface area contributed by atoms with E-state index in [9.17, 15) is 13.2 Å². The maximum absolute atomic E-state index is 12.8. The van der Waals surface area contributed by atoms with Crippen LogP contribution in [0.4, 0.5) is 5.69 Å². The molecule has 0 fully saturated rings. The summed E-state index contributed by atoms with van der Waals surface area (Å²) in [6.45, 7) is 0.495. The summed E-state index contributed by atoms with van der Waals surface area (Å²) in [5.41, 5.74) is 1.63. The van der Waals surface area contributed by atoms with Crippen LogP contribution in [0.5, 0.6) is 11.5 Å². The molecule has 3 aromatic rings. The van der Waals surface area contributed by atoms with E-state index in [1.165, 1.54) is 19.2 Å². The number of hydrogen-bond acceptors (Lipinski definition) is 5. The first-order chi connectivity index (χ1) is 14.4. The monoisotopic (exact) mass is 424 g/mol. The van der Waals surface area contributed by atoms with Crippen LogP contribution < -0.4 is 19.1 Å². The van der Waals surface area contributed by atoms with Crippen LogP contribution in [0.15, 0.2) is 77.7 Å². The van der Waals surface area contributed by atoms with Gasteiger partial charge in [-0.25, -0.2) is 8.42 Å². The number of nitrogens with one attached hydrogen (secondary N) is 1. The van der Waals surface area contributed by atoms with Crippen molar-refractivity contribution in [2.24, 2.45) is 0 Å². The molecule has 0 spiro atoms. The SMILES string of the molecule is CN(c1cccc(C(=O)NCc2ccc3c(c2)OCO3)c1)S(=O)(=O)c1ccccc1. The molecule has 1 N–H and O–H groups in total. The van der Waals surface area contributed by atoms with Crippen LogP contribution in [-0.2, 0) is 16.6 Å². The van der Waals surface area contributed by atoms with Gasteiger partial charge in [0, 0.05) is 19.2 Å². The van der Waals surface area contributed by atoms with Crippen LogP contribution in [-0.4, -0.2) is 28.2 Å². The number of benzene rings is 3. The van der Waals surface area contributed by atoms with Crippen LogP contribution in [0.25, 0.3) is 0 Å². The second-order valence-corrected chi connectivity index (χ2v) is 8.68. The molecule has 0 saturated carbocycles. The lowest BCUT2D eigenvalue weighted by Gasteiger charge is -2.20. The summed E-state index contributed by atoms with van der Waals surface area (Å²) in [5.74, 6) is 1.02. The highest BCUT2D eigenvalue weighted by molar-refractivity contribution is 7.92. The Labute approximate surface area is 174 Å². The van der Waals surface area contributed by atoms with Crippen LogP contribution in [0, 0.1) is 0 Å². The largest absolute Gasteiger partial charge is 0.454 e. The van der Waals surface area contributed by atoms with Gasteiger partial charge in [0.2, 0.25) is 6.79 Å². The zero-order valence-corrected chi connectivity index (χ0v) is 17.1. The van der Waals surface area contributed by atoms with Crippen molar-refractivity contribution in [3.8, 4) is 11.5 Å². The molecule has 154 valence electrons. The minimum atomic E-state index is -3.72. The first-order valence-corrected chi connectivity index (χ1v) is 10.7. The van der Waals surface area contributed by atoms with Crippen LogP contribution >= 0.6 is 0 Å². The molecule has 0 atom stereocenters. The molecule has 0 bridgehead atoms. The molecule has 0 aliphatic carbocycles. The van der Waals surface area contributed by atoms with Gasteiger partial charge in [-0.1, -0.05) is 30.3 Å². The van der Waals surface area contributed by atoms with Gasteiger partial charge in [0.05, 0.1) is 10.6 Å². The number of sulfonamides is 1. The Morgan fingerprint density at radius 1 is 0.967 bits per heavy atom. The fourth-order valence-corrected chi connectivity index (χ4v) is 4.28. The first kappa shape index (κ1) is 19.8. The van der Waals surface area contributed by atoms with Crippen LogP contribution in [0.1, 0.15) is 15.9 Å². The summed E-state index contributed by atoms with van der Waals surface area (Å²) in [4.78, 5) is 12.8. The lowest BCUT2D eigenvalue weighted by Crippen LogP contribution is -2.27. The van der Waals surface area contributed by atoms with Crippen molar-refractivity contribution < 1.29 is 22.7 Å². The number of hydrogen-bond donors (Lipinski definition) is 1. The summed E-state index contributed by atoms with van der Waals surface area (Å²) >= 11 is 0. The van der Waals surface area contributed by atoms with E-state index in [0.717, 1.165) is 9.87 Å². The summed E-state index contributed by atoms with van der Waals surface area (Å²) in [5, 5.41) is 2.84. The molecule has 1 aliphatic heterocycles. The third-order valence-corrected chi connectivity index (χ3v) is 6.56. The van der Waals surface area contributed by atoms with Gasteiger partial charge in [-0.2, -0.15) is 0 Å². The summed E-state index contributed by atoms with van der Waals surface area (Å²) in [6.07, 6.45) is 0. The van der Waals surface area contributed by atoms with E-state index in [0.29, 0.717) is 29.3 Å². The van der Waals surface area contributed by atoms with E-state index in [2.05, 4.69) is 5.32 Å². The highest BCUT2D eigenvalue weighted by atomic mass is 32.2. The lowest BCUT2D eigenvalue weighted by atomic mass is 10.1. The van der Waals surface area contributed by atoms with Gasteiger partial charge >= 0.3 is 0 Å². The fraction of sp³-hybridized carbons (Fsp3) is 0.136. The topological polar surface area (TPSA) is 84.9 Å². The molecule has 0 radical (unpaired) electrons. The highest BCUT2D eigenvalue weighted by Crippen LogP contribution is 2.32. The number of amides is 1. The molecular weight excluding hydrogens is 404 g/mol. The smallest absolute Gasteiger partial charge is 0.264 e. The molecule has 7 nitrogen and oxygen atoms in total. The highest BCUT2D eigenvalue weighted by Gasteiger charge is 2.21. The number of anilines is 1. The summed E-state index contributed by atoms with van der Waals surface area (Å²) in [7, 11) is -2.26. The van der Waals surface area contributed by atoms with E-state index in [-0.39, 0.29) is 17.6 Å².